The molecular formula is C25H20F2N2O2S. The van der Waals surface area contributed by atoms with Crippen LogP contribution in [0.1, 0.15) is 41.3 Å². The van der Waals surface area contributed by atoms with Crippen LogP contribution in [0.25, 0.3) is 6.08 Å². The van der Waals surface area contributed by atoms with Crippen LogP contribution < -0.4 is 10.6 Å². The molecule has 1 aliphatic heterocycles. The predicted molar refractivity (Wildman–Crippen MR) is 122 cm³/mol. The molecule has 4 nitrogen and oxygen atoms in total. The van der Waals surface area contributed by atoms with Gasteiger partial charge in [0.05, 0.1) is 10.9 Å². The highest BCUT2D eigenvalue weighted by atomic mass is 32.2. The van der Waals surface area contributed by atoms with Crippen molar-refractivity contribution in [3.8, 4) is 0 Å². The third-order valence-corrected chi connectivity index (χ3v) is 6.04. The molecule has 2 atom stereocenters. The normalized spacial score (nSPS) is 16.8. The van der Waals surface area contributed by atoms with Gasteiger partial charge in [-0.05, 0) is 59.1 Å². The van der Waals surface area contributed by atoms with Crippen LogP contribution >= 0.6 is 11.8 Å². The van der Waals surface area contributed by atoms with Crippen molar-refractivity contribution in [2.75, 3.05) is 0 Å². The minimum Gasteiger partial charge on any atom is -0.300 e. The number of hydrogen-bond acceptors (Lipinski definition) is 4. The summed E-state index contributed by atoms with van der Waals surface area (Å²) in [5.41, 5.74) is 3.23. The van der Waals surface area contributed by atoms with Gasteiger partial charge in [-0.1, -0.05) is 60.7 Å². The van der Waals surface area contributed by atoms with Gasteiger partial charge in [0.15, 0.2) is 11.6 Å². The average molecular weight is 451 g/mol. The molecule has 32 heavy (non-hydrogen) atoms. The van der Waals surface area contributed by atoms with Crippen molar-refractivity contribution in [1.82, 2.24) is 10.6 Å². The molecule has 1 fully saturated rings. The van der Waals surface area contributed by atoms with Crippen LogP contribution in [0, 0.1) is 11.6 Å². The Labute approximate surface area is 188 Å². The first-order valence-corrected chi connectivity index (χ1v) is 10.8. The summed E-state index contributed by atoms with van der Waals surface area (Å²) in [7, 11) is 0. The van der Waals surface area contributed by atoms with Gasteiger partial charge in [0.25, 0.3) is 11.1 Å². The Morgan fingerprint density at radius 1 is 0.906 bits per heavy atom. The molecule has 2 N–H and O–H groups in total. The number of carbonyl (C=O) groups excluding carboxylic acids is 2. The number of hydrogen-bond donors (Lipinski definition) is 2. The summed E-state index contributed by atoms with van der Waals surface area (Å²) < 4.78 is 27.2. The molecule has 0 radical (unpaired) electrons. The topological polar surface area (TPSA) is 58.2 Å². The van der Waals surface area contributed by atoms with Gasteiger partial charge in [0, 0.05) is 6.04 Å². The Morgan fingerprint density at radius 3 is 2.31 bits per heavy atom. The van der Waals surface area contributed by atoms with Crippen molar-refractivity contribution in [2.24, 2.45) is 0 Å². The lowest BCUT2D eigenvalue weighted by atomic mass is 9.92. The second-order valence-corrected chi connectivity index (χ2v) is 8.40. The van der Waals surface area contributed by atoms with Gasteiger partial charge in [0.2, 0.25) is 0 Å². The second-order valence-electron chi connectivity index (χ2n) is 7.39. The lowest BCUT2D eigenvalue weighted by molar-refractivity contribution is -0.115. The van der Waals surface area contributed by atoms with Gasteiger partial charge >= 0.3 is 0 Å². The first-order valence-electron chi connectivity index (χ1n) is 10.0. The highest BCUT2D eigenvalue weighted by Crippen LogP contribution is 2.32. The lowest BCUT2D eigenvalue weighted by Crippen LogP contribution is -2.26. The molecule has 0 spiro atoms. The summed E-state index contributed by atoms with van der Waals surface area (Å²) in [5, 5.41) is 5.37. The predicted octanol–water partition coefficient (Wildman–Crippen LogP) is 5.73. The van der Waals surface area contributed by atoms with E-state index >= 15 is 0 Å². The first-order chi connectivity index (χ1) is 15.4. The zero-order valence-electron chi connectivity index (χ0n) is 17.1. The zero-order valence-corrected chi connectivity index (χ0v) is 18.0. The van der Waals surface area contributed by atoms with Gasteiger partial charge in [-0.2, -0.15) is 0 Å². The quantitative estimate of drug-likeness (QED) is 0.471. The van der Waals surface area contributed by atoms with E-state index in [1.54, 1.807) is 12.1 Å². The zero-order chi connectivity index (χ0) is 22.7. The Kier molecular flexibility index (Phi) is 6.48. The molecule has 7 heteroatoms. The number of nitrogens with one attached hydrogen (secondary N) is 2. The largest absolute Gasteiger partial charge is 0.300 e. The van der Waals surface area contributed by atoms with Crippen LogP contribution in [0.4, 0.5) is 13.6 Å². The Bertz CT molecular complexity index is 1200. The van der Waals surface area contributed by atoms with Gasteiger partial charge in [-0.15, -0.1) is 0 Å². The maximum atomic E-state index is 13.8. The van der Waals surface area contributed by atoms with E-state index in [-0.39, 0.29) is 12.1 Å². The maximum absolute atomic E-state index is 13.8. The minimum atomic E-state index is -0.897. The van der Waals surface area contributed by atoms with E-state index in [0.29, 0.717) is 10.5 Å². The van der Waals surface area contributed by atoms with Crippen molar-refractivity contribution in [1.29, 1.82) is 0 Å². The molecule has 2 amide bonds. The van der Waals surface area contributed by atoms with Gasteiger partial charge in [-0.3, -0.25) is 20.2 Å². The van der Waals surface area contributed by atoms with Crippen LogP contribution in [0.5, 0.6) is 0 Å². The molecular weight excluding hydrogens is 430 g/mol. The maximum Gasteiger partial charge on any atom is 0.290 e. The monoisotopic (exact) mass is 450 g/mol. The summed E-state index contributed by atoms with van der Waals surface area (Å²) >= 11 is 0.862. The number of imide groups is 1. The van der Waals surface area contributed by atoms with Crippen LogP contribution in [0.3, 0.4) is 0 Å². The lowest BCUT2D eigenvalue weighted by Gasteiger charge is -2.26. The molecule has 0 aliphatic carbocycles. The molecule has 1 aliphatic rings. The molecule has 162 valence electrons. The van der Waals surface area contributed by atoms with Crippen molar-refractivity contribution >= 4 is 29.0 Å². The third kappa shape index (κ3) is 4.79. The standard InChI is InChI=1S/C25H20F2N2O2S/c1-15(17-11-12-20(26)21(27)13-17)28-23(16-7-3-2-4-8-16)19-10-6-5-9-18(19)14-22-24(30)29-25(31)32-22/h2-15,23,28H,1H3,(H,29,30,31)/b22-14+. The van der Waals surface area contributed by atoms with E-state index in [1.807, 2.05) is 61.5 Å². The van der Waals surface area contributed by atoms with E-state index in [0.717, 1.165) is 34.5 Å². The van der Waals surface area contributed by atoms with Crippen molar-refractivity contribution in [2.45, 2.75) is 19.0 Å². The number of amides is 2. The van der Waals surface area contributed by atoms with Gasteiger partial charge in [-0.25, -0.2) is 8.78 Å². The summed E-state index contributed by atoms with van der Waals surface area (Å²) in [6.07, 6.45) is 1.69. The summed E-state index contributed by atoms with van der Waals surface area (Å²) in [5.74, 6) is -2.21. The molecule has 3 aromatic rings. The minimum absolute atomic E-state index is 0.304. The van der Waals surface area contributed by atoms with Crippen LogP contribution in [-0.2, 0) is 4.79 Å². The van der Waals surface area contributed by atoms with Gasteiger partial charge in [0.1, 0.15) is 0 Å². The SMILES string of the molecule is CC(NC(c1ccccc1)c1ccccc1/C=C1/SC(=O)NC1=O)c1ccc(F)c(F)c1. The van der Waals surface area contributed by atoms with Crippen LogP contribution in [0.2, 0.25) is 0 Å². The fraction of sp³-hybridized carbons (Fsp3) is 0.120. The summed E-state index contributed by atoms with van der Waals surface area (Å²) in [4.78, 5) is 24.0. The molecule has 0 saturated carbocycles. The number of halogens is 2. The number of thioether (sulfide) groups is 1. The summed E-state index contributed by atoms with van der Waals surface area (Å²) in [6, 6.07) is 20.5. The molecule has 2 unspecified atom stereocenters. The number of rotatable bonds is 6. The van der Waals surface area contributed by atoms with E-state index < -0.39 is 22.8 Å². The van der Waals surface area contributed by atoms with E-state index in [1.165, 1.54) is 6.07 Å². The molecule has 1 saturated heterocycles. The molecule has 0 bridgehead atoms. The Morgan fingerprint density at radius 2 is 1.62 bits per heavy atom. The van der Waals surface area contributed by atoms with Crippen LogP contribution in [0.15, 0.2) is 77.7 Å². The smallest absolute Gasteiger partial charge is 0.290 e. The van der Waals surface area contributed by atoms with Crippen molar-refractivity contribution in [3.05, 3.63) is 112 Å². The average Bonchev–Trinajstić information content (AvgIpc) is 3.11. The third-order valence-electron chi connectivity index (χ3n) is 5.23. The van der Waals surface area contributed by atoms with Crippen molar-refractivity contribution < 1.29 is 18.4 Å². The molecule has 0 aromatic heterocycles. The molecule has 1 heterocycles. The summed E-state index contributed by atoms with van der Waals surface area (Å²) in [6.45, 7) is 1.88. The van der Waals surface area contributed by atoms with Gasteiger partial charge < -0.3 is 0 Å². The number of benzene rings is 3. The highest BCUT2D eigenvalue weighted by molar-refractivity contribution is 8.18. The Balaban J connectivity index is 1.74. The van der Waals surface area contributed by atoms with Crippen LogP contribution in [-0.4, -0.2) is 11.1 Å². The highest BCUT2D eigenvalue weighted by Gasteiger charge is 2.26. The number of carbonyl (C=O) groups is 2. The molecule has 3 aromatic carbocycles. The first kappa shape index (κ1) is 21.9. The second kappa shape index (κ2) is 9.46. The Hall–Kier alpha value is -3.29. The van der Waals surface area contributed by atoms with Crippen molar-refractivity contribution in [3.63, 3.8) is 0 Å². The van der Waals surface area contributed by atoms with E-state index in [2.05, 4.69) is 10.6 Å². The fourth-order valence-corrected chi connectivity index (χ4v) is 4.28. The molecule has 4 rings (SSSR count). The van der Waals surface area contributed by atoms with E-state index in [4.69, 9.17) is 0 Å². The fourth-order valence-electron chi connectivity index (χ4n) is 3.61. The van der Waals surface area contributed by atoms with E-state index in [9.17, 15) is 18.4 Å².